The van der Waals surface area contributed by atoms with Crippen molar-refractivity contribution in [3.63, 3.8) is 0 Å². The zero-order valence-corrected chi connectivity index (χ0v) is 20.4. The molecule has 7 nitrogen and oxygen atoms in total. The summed E-state index contributed by atoms with van der Waals surface area (Å²) in [6.07, 6.45) is 0.861. The molecular formula is C19H29IN4O3S. The molecule has 0 spiro atoms. The van der Waals surface area contributed by atoms with Gasteiger partial charge < -0.3 is 24.8 Å². The van der Waals surface area contributed by atoms with Crippen LogP contribution in [0.15, 0.2) is 17.1 Å². The summed E-state index contributed by atoms with van der Waals surface area (Å²) in [5, 5.41) is 7.75. The van der Waals surface area contributed by atoms with E-state index in [-0.39, 0.29) is 24.0 Å². The highest BCUT2D eigenvalue weighted by Gasteiger charge is 2.15. The minimum absolute atomic E-state index is 0. The molecule has 0 aliphatic heterocycles. The van der Waals surface area contributed by atoms with E-state index in [1.54, 1.807) is 39.7 Å². The first-order valence-corrected chi connectivity index (χ1v) is 9.50. The Hall–Kier alpha value is -1.75. The van der Waals surface area contributed by atoms with Crippen LogP contribution < -0.4 is 24.8 Å². The number of thiazole rings is 1. The number of methoxy groups -OCH3 is 3. The monoisotopic (exact) mass is 520 g/mol. The van der Waals surface area contributed by atoms with Gasteiger partial charge in [-0.05, 0) is 26.0 Å². The van der Waals surface area contributed by atoms with Crippen LogP contribution in [0.5, 0.6) is 17.2 Å². The topological polar surface area (TPSA) is 77.0 Å². The molecule has 28 heavy (non-hydrogen) atoms. The number of ether oxygens (including phenoxy) is 3. The fourth-order valence-corrected chi connectivity index (χ4v) is 3.57. The molecule has 1 aromatic carbocycles. The van der Waals surface area contributed by atoms with Crippen LogP contribution in [0.4, 0.5) is 0 Å². The molecule has 0 radical (unpaired) electrons. The second-order valence-corrected chi connectivity index (χ2v) is 7.13. The van der Waals surface area contributed by atoms with Gasteiger partial charge in [0.1, 0.15) is 0 Å². The maximum absolute atomic E-state index is 5.52. The summed E-state index contributed by atoms with van der Waals surface area (Å²) in [5.41, 5.74) is 2.06. The summed E-state index contributed by atoms with van der Waals surface area (Å²) < 4.78 is 16.3. The van der Waals surface area contributed by atoms with Gasteiger partial charge in [-0.3, -0.25) is 4.99 Å². The van der Waals surface area contributed by atoms with Gasteiger partial charge in [-0.2, -0.15) is 0 Å². The molecule has 2 rings (SSSR count). The number of rotatable bonds is 8. The van der Waals surface area contributed by atoms with Crippen LogP contribution >= 0.6 is 35.3 Å². The summed E-state index contributed by atoms with van der Waals surface area (Å²) in [7, 11) is 6.57. The Labute approximate surface area is 187 Å². The van der Waals surface area contributed by atoms with Crippen molar-refractivity contribution in [3.05, 3.63) is 33.3 Å². The molecule has 2 N–H and O–H groups in total. The van der Waals surface area contributed by atoms with E-state index in [0.29, 0.717) is 23.8 Å². The third kappa shape index (κ3) is 6.13. The van der Waals surface area contributed by atoms with E-state index >= 15 is 0 Å². The van der Waals surface area contributed by atoms with Crippen molar-refractivity contribution >= 4 is 41.3 Å². The third-order valence-electron chi connectivity index (χ3n) is 4.16. The van der Waals surface area contributed by atoms with E-state index < -0.39 is 0 Å². The van der Waals surface area contributed by atoms with Crippen LogP contribution in [0.1, 0.15) is 21.1 Å². The van der Waals surface area contributed by atoms with Gasteiger partial charge in [-0.25, -0.2) is 4.98 Å². The molecule has 1 aromatic heterocycles. The Morgan fingerprint density at radius 3 is 2.32 bits per heavy atom. The molecule has 0 fully saturated rings. The minimum Gasteiger partial charge on any atom is -0.493 e. The summed E-state index contributed by atoms with van der Waals surface area (Å²) in [5.74, 6) is 2.58. The van der Waals surface area contributed by atoms with E-state index in [4.69, 9.17) is 14.2 Å². The van der Waals surface area contributed by atoms with Crippen LogP contribution in [0, 0.1) is 13.8 Å². The van der Waals surface area contributed by atoms with Crippen LogP contribution in [-0.2, 0) is 13.0 Å². The predicted molar refractivity (Wildman–Crippen MR) is 125 cm³/mol. The van der Waals surface area contributed by atoms with Gasteiger partial charge in [0.15, 0.2) is 17.5 Å². The number of aromatic nitrogens is 1. The number of aryl methyl sites for hydroxylation is 2. The van der Waals surface area contributed by atoms with E-state index in [1.165, 1.54) is 4.88 Å². The predicted octanol–water partition coefficient (Wildman–Crippen LogP) is 3.31. The molecule has 9 heteroatoms. The minimum atomic E-state index is 0. The molecule has 156 valence electrons. The Kier molecular flexibility index (Phi) is 10.4. The summed E-state index contributed by atoms with van der Waals surface area (Å²) in [4.78, 5) is 10.1. The molecule has 0 saturated heterocycles. The molecule has 0 saturated carbocycles. The van der Waals surface area contributed by atoms with Crippen molar-refractivity contribution < 1.29 is 14.2 Å². The maximum atomic E-state index is 5.52. The number of nitrogens with zero attached hydrogens (tertiary/aromatic N) is 2. The average Bonchev–Trinajstić information content (AvgIpc) is 3.00. The highest BCUT2D eigenvalue weighted by Crippen LogP contribution is 2.39. The zero-order chi connectivity index (χ0) is 19.8. The lowest BCUT2D eigenvalue weighted by Crippen LogP contribution is -2.37. The summed E-state index contributed by atoms with van der Waals surface area (Å²) >= 11 is 1.74. The van der Waals surface area contributed by atoms with Crippen molar-refractivity contribution in [2.75, 3.05) is 34.9 Å². The largest absolute Gasteiger partial charge is 0.493 e. The summed E-state index contributed by atoms with van der Waals surface area (Å²) in [6.45, 7) is 5.44. The van der Waals surface area contributed by atoms with E-state index in [9.17, 15) is 0 Å². The number of halogens is 1. The van der Waals surface area contributed by atoms with Gasteiger partial charge in [0.05, 0.1) is 32.0 Å². The quantitative estimate of drug-likeness (QED) is 0.316. The Morgan fingerprint density at radius 1 is 1.07 bits per heavy atom. The van der Waals surface area contributed by atoms with Crippen LogP contribution in [0.25, 0.3) is 0 Å². The SMILES string of the molecule is CN=C(NCCc1nc(C)c(C)s1)NCc1ccc(OC)c(OC)c1OC.I. The highest BCUT2D eigenvalue weighted by atomic mass is 127. The molecule has 0 atom stereocenters. The Morgan fingerprint density at radius 2 is 1.79 bits per heavy atom. The molecule has 0 aliphatic carbocycles. The van der Waals surface area contributed by atoms with Crippen molar-refractivity contribution in [2.24, 2.45) is 4.99 Å². The fourth-order valence-electron chi connectivity index (χ4n) is 2.64. The number of aliphatic imine (C=N–C) groups is 1. The number of hydrogen-bond acceptors (Lipinski definition) is 6. The Balaban J connectivity index is 0.00000392. The first-order chi connectivity index (χ1) is 13.0. The van der Waals surface area contributed by atoms with E-state index in [2.05, 4.69) is 27.5 Å². The van der Waals surface area contributed by atoms with Crippen LogP contribution in [0.3, 0.4) is 0 Å². The lowest BCUT2D eigenvalue weighted by molar-refractivity contribution is 0.322. The molecule has 1 heterocycles. The molecule has 0 unspecified atom stereocenters. The van der Waals surface area contributed by atoms with Gasteiger partial charge in [-0.15, -0.1) is 35.3 Å². The lowest BCUT2D eigenvalue weighted by Gasteiger charge is -2.17. The molecule has 0 amide bonds. The van der Waals surface area contributed by atoms with E-state index in [1.807, 2.05) is 19.1 Å². The second kappa shape index (κ2) is 11.9. The van der Waals surface area contributed by atoms with Crippen molar-refractivity contribution in [3.8, 4) is 17.2 Å². The van der Waals surface area contributed by atoms with Crippen molar-refractivity contribution in [1.82, 2.24) is 15.6 Å². The fraction of sp³-hybridized carbons (Fsp3) is 0.474. The van der Waals surface area contributed by atoms with Gasteiger partial charge in [0.2, 0.25) is 5.75 Å². The van der Waals surface area contributed by atoms with Gasteiger partial charge >= 0.3 is 0 Å². The molecule has 0 aliphatic rings. The third-order valence-corrected chi connectivity index (χ3v) is 5.29. The van der Waals surface area contributed by atoms with Crippen molar-refractivity contribution in [2.45, 2.75) is 26.8 Å². The zero-order valence-electron chi connectivity index (χ0n) is 17.2. The van der Waals surface area contributed by atoms with Gasteiger partial charge in [0, 0.05) is 37.0 Å². The average molecular weight is 520 g/mol. The standard InChI is InChI=1S/C19H28N4O3S.HI/c1-12-13(2)27-16(23-12)9-10-21-19(20-3)22-11-14-7-8-15(24-4)18(26-6)17(14)25-5;/h7-8H,9-11H2,1-6H3,(H2,20,21,22);1H. The number of hydrogen-bond donors (Lipinski definition) is 2. The number of guanidine groups is 1. The first kappa shape index (κ1) is 24.3. The molecule has 0 bridgehead atoms. The highest BCUT2D eigenvalue weighted by molar-refractivity contribution is 14.0. The smallest absolute Gasteiger partial charge is 0.203 e. The van der Waals surface area contributed by atoms with Crippen LogP contribution in [0.2, 0.25) is 0 Å². The second-order valence-electron chi connectivity index (χ2n) is 5.85. The van der Waals surface area contributed by atoms with E-state index in [0.717, 1.165) is 35.2 Å². The number of benzene rings is 1. The normalized spacial score (nSPS) is 10.9. The lowest BCUT2D eigenvalue weighted by atomic mass is 10.1. The molecule has 2 aromatic rings. The maximum Gasteiger partial charge on any atom is 0.203 e. The van der Waals surface area contributed by atoms with Crippen molar-refractivity contribution in [1.29, 1.82) is 0 Å². The summed E-state index contributed by atoms with van der Waals surface area (Å²) in [6, 6.07) is 3.81. The van der Waals surface area contributed by atoms with Gasteiger partial charge in [0.25, 0.3) is 0 Å². The van der Waals surface area contributed by atoms with Gasteiger partial charge in [-0.1, -0.05) is 0 Å². The van der Waals surface area contributed by atoms with Crippen LogP contribution in [-0.4, -0.2) is 45.9 Å². The Bertz CT molecular complexity index is 776. The molecular weight excluding hydrogens is 491 g/mol. The number of nitrogens with one attached hydrogen (secondary N) is 2. The first-order valence-electron chi connectivity index (χ1n) is 8.69.